The Kier molecular flexibility index (Phi) is 2.41. The van der Waals surface area contributed by atoms with E-state index in [-0.39, 0.29) is 0 Å². The van der Waals surface area contributed by atoms with E-state index in [9.17, 15) is 0 Å². The average molecular weight is 243 g/mol. The van der Waals surface area contributed by atoms with Gasteiger partial charge >= 0.3 is 0 Å². The molecule has 1 atom stereocenters. The molecule has 0 saturated heterocycles. The van der Waals surface area contributed by atoms with Crippen molar-refractivity contribution in [2.24, 2.45) is 11.3 Å². The molecule has 0 aromatic heterocycles. The fraction of sp³-hybridized carbons (Fsp3) is 0.625. The summed E-state index contributed by atoms with van der Waals surface area (Å²) in [5, 5.41) is 3.66. The standard InChI is InChI=1S/C16H21NO/c1-2-4-15-12(3-1)9-14(18-15)10-17-11-16(7-8-16)13-5-6-13/h1-4,13-14,17H,5-11H2. The van der Waals surface area contributed by atoms with Gasteiger partial charge in [-0.3, -0.25) is 0 Å². The third kappa shape index (κ3) is 1.93. The Morgan fingerprint density at radius 3 is 2.78 bits per heavy atom. The zero-order valence-corrected chi connectivity index (χ0v) is 10.8. The van der Waals surface area contributed by atoms with Crippen LogP contribution in [0.2, 0.25) is 0 Å². The van der Waals surface area contributed by atoms with Gasteiger partial charge in [0, 0.05) is 19.5 Å². The number of para-hydroxylation sites is 1. The molecule has 2 nitrogen and oxygen atoms in total. The van der Waals surface area contributed by atoms with Crippen LogP contribution in [0.1, 0.15) is 31.2 Å². The van der Waals surface area contributed by atoms with Crippen LogP contribution >= 0.6 is 0 Å². The summed E-state index contributed by atoms with van der Waals surface area (Å²) < 4.78 is 5.96. The van der Waals surface area contributed by atoms with Gasteiger partial charge in [-0.2, -0.15) is 0 Å². The SMILES string of the molecule is c1ccc2c(c1)CC(CNCC1(C3CC3)CC1)O2. The van der Waals surface area contributed by atoms with Crippen LogP contribution in [0.5, 0.6) is 5.75 Å². The lowest BCUT2D eigenvalue weighted by Crippen LogP contribution is -2.34. The van der Waals surface area contributed by atoms with Crippen molar-refractivity contribution in [3.63, 3.8) is 0 Å². The number of hydrogen-bond acceptors (Lipinski definition) is 2. The van der Waals surface area contributed by atoms with Gasteiger partial charge in [0.05, 0.1) is 0 Å². The van der Waals surface area contributed by atoms with Crippen molar-refractivity contribution in [2.45, 2.75) is 38.2 Å². The zero-order valence-electron chi connectivity index (χ0n) is 10.8. The minimum absolute atomic E-state index is 0.345. The molecule has 1 aromatic carbocycles. The first-order chi connectivity index (χ1) is 8.86. The maximum absolute atomic E-state index is 5.96. The third-order valence-electron chi connectivity index (χ3n) is 4.90. The first kappa shape index (κ1) is 10.9. The molecule has 96 valence electrons. The lowest BCUT2D eigenvalue weighted by atomic mass is 10.0. The van der Waals surface area contributed by atoms with E-state index >= 15 is 0 Å². The predicted octanol–water partition coefficient (Wildman–Crippen LogP) is 2.77. The highest BCUT2D eigenvalue weighted by atomic mass is 16.5. The van der Waals surface area contributed by atoms with Gasteiger partial charge in [-0.05, 0) is 48.6 Å². The Balaban J connectivity index is 1.27. The summed E-state index contributed by atoms with van der Waals surface area (Å²) in [6.07, 6.45) is 7.28. The maximum atomic E-state index is 5.96. The molecule has 2 heteroatoms. The van der Waals surface area contributed by atoms with Gasteiger partial charge in [-0.25, -0.2) is 0 Å². The van der Waals surface area contributed by atoms with Crippen molar-refractivity contribution in [1.29, 1.82) is 0 Å². The smallest absolute Gasteiger partial charge is 0.123 e. The van der Waals surface area contributed by atoms with Crippen LogP contribution in [-0.4, -0.2) is 19.2 Å². The van der Waals surface area contributed by atoms with E-state index in [1.54, 1.807) is 0 Å². The van der Waals surface area contributed by atoms with E-state index in [2.05, 4.69) is 29.6 Å². The number of ether oxygens (including phenoxy) is 1. The minimum atomic E-state index is 0.345. The van der Waals surface area contributed by atoms with Crippen LogP contribution < -0.4 is 10.1 Å². The van der Waals surface area contributed by atoms with E-state index < -0.39 is 0 Å². The van der Waals surface area contributed by atoms with E-state index in [1.165, 1.54) is 37.8 Å². The lowest BCUT2D eigenvalue weighted by Gasteiger charge is -2.17. The van der Waals surface area contributed by atoms with Crippen LogP contribution in [0.15, 0.2) is 24.3 Å². The van der Waals surface area contributed by atoms with E-state index in [0.717, 1.165) is 24.6 Å². The summed E-state index contributed by atoms with van der Waals surface area (Å²) in [6.45, 7) is 2.22. The molecule has 1 N–H and O–H groups in total. The van der Waals surface area contributed by atoms with Crippen molar-refractivity contribution in [2.75, 3.05) is 13.1 Å². The molecule has 1 aliphatic heterocycles. The molecule has 2 aliphatic carbocycles. The maximum Gasteiger partial charge on any atom is 0.123 e. The van der Waals surface area contributed by atoms with E-state index in [0.29, 0.717) is 11.5 Å². The topological polar surface area (TPSA) is 21.3 Å². The summed E-state index contributed by atoms with van der Waals surface area (Å²) in [7, 11) is 0. The lowest BCUT2D eigenvalue weighted by molar-refractivity contribution is 0.221. The third-order valence-corrected chi connectivity index (χ3v) is 4.90. The summed E-state index contributed by atoms with van der Waals surface area (Å²) in [6, 6.07) is 8.43. The highest BCUT2D eigenvalue weighted by Crippen LogP contribution is 2.60. The first-order valence-corrected chi connectivity index (χ1v) is 7.31. The van der Waals surface area contributed by atoms with Crippen LogP contribution in [0.3, 0.4) is 0 Å². The number of rotatable bonds is 5. The molecule has 0 spiro atoms. The quantitative estimate of drug-likeness (QED) is 0.858. The van der Waals surface area contributed by atoms with Crippen molar-refractivity contribution >= 4 is 0 Å². The second-order valence-corrected chi connectivity index (χ2v) is 6.32. The van der Waals surface area contributed by atoms with Crippen LogP contribution in [-0.2, 0) is 6.42 Å². The van der Waals surface area contributed by atoms with Crippen molar-refractivity contribution in [1.82, 2.24) is 5.32 Å². The van der Waals surface area contributed by atoms with Crippen molar-refractivity contribution in [3.05, 3.63) is 29.8 Å². The second-order valence-electron chi connectivity index (χ2n) is 6.32. The average Bonchev–Trinajstić information content (AvgIpc) is 3.26. The zero-order chi connectivity index (χ0) is 12.0. The van der Waals surface area contributed by atoms with Crippen LogP contribution in [0.4, 0.5) is 0 Å². The van der Waals surface area contributed by atoms with Gasteiger partial charge < -0.3 is 10.1 Å². The normalized spacial score (nSPS) is 27.7. The number of benzene rings is 1. The van der Waals surface area contributed by atoms with Crippen LogP contribution in [0, 0.1) is 11.3 Å². The Morgan fingerprint density at radius 2 is 2.06 bits per heavy atom. The van der Waals surface area contributed by atoms with Gasteiger partial charge in [0.15, 0.2) is 0 Å². The van der Waals surface area contributed by atoms with Gasteiger partial charge in [-0.15, -0.1) is 0 Å². The van der Waals surface area contributed by atoms with E-state index in [1.807, 2.05) is 0 Å². The molecular formula is C16H21NO. The molecule has 1 unspecified atom stereocenters. The molecule has 4 rings (SSSR count). The fourth-order valence-corrected chi connectivity index (χ4v) is 3.44. The summed E-state index contributed by atoms with van der Waals surface area (Å²) in [5.74, 6) is 2.14. The highest BCUT2D eigenvalue weighted by Gasteiger charge is 2.53. The van der Waals surface area contributed by atoms with Gasteiger partial charge in [0.2, 0.25) is 0 Å². The molecule has 1 aromatic rings. The molecule has 2 fully saturated rings. The Morgan fingerprint density at radius 1 is 1.22 bits per heavy atom. The summed E-state index contributed by atoms with van der Waals surface area (Å²) in [5.41, 5.74) is 2.07. The van der Waals surface area contributed by atoms with E-state index in [4.69, 9.17) is 4.74 Å². The van der Waals surface area contributed by atoms with Gasteiger partial charge in [0.25, 0.3) is 0 Å². The first-order valence-electron chi connectivity index (χ1n) is 7.31. The second kappa shape index (κ2) is 3.99. The number of nitrogens with one attached hydrogen (secondary N) is 1. The highest BCUT2D eigenvalue weighted by molar-refractivity contribution is 5.37. The monoisotopic (exact) mass is 243 g/mol. The van der Waals surface area contributed by atoms with Crippen molar-refractivity contribution in [3.8, 4) is 5.75 Å². The Hall–Kier alpha value is -1.02. The molecule has 3 aliphatic rings. The molecule has 1 heterocycles. The fourth-order valence-electron chi connectivity index (χ4n) is 3.44. The Labute approximate surface area is 109 Å². The minimum Gasteiger partial charge on any atom is -0.488 e. The summed E-state index contributed by atoms with van der Waals surface area (Å²) in [4.78, 5) is 0. The molecule has 0 bridgehead atoms. The van der Waals surface area contributed by atoms with Crippen molar-refractivity contribution < 1.29 is 4.74 Å². The molecular weight excluding hydrogens is 222 g/mol. The van der Waals surface area contributed by atoms with Gasteiger partial charge in [-0.1, -0.05) is 18.2 Å². The number of hydrogen-bond donors (Lipinski definition) is 1. The molecule has 0 radical (unpaired) electrons. The number of fused-ring (bicyclic) bond motifs is 1. The molecule has 18 heavy (non-hydrogen) atoms. The van der Waals surface area contributed by atoms with Gasteiger partial charge in [0.1, 0.15) is 11.9 Å². The largest absolute Gasteiger partial charge is 0.488 e. The Bertz CT molecular complexity index is 423. The van der Waals surface area contributed by atoms with Crippen LogP contribution in [0.25, 0.3) is 0 Å². The molecule has 0 amide bonds. The predicted molar refractivity (Wildman–Crippen MR) is 71.8 cm³/mol. The summed E-state index contributed by atoms with van der Waals surface area (Å²) >= 11 is 0. The molecule has 2 saturated carbocycles.